The molecule has 0 N–H and O–H groups in total. The summed E-state index contributed by atoms with van der Waals surface area (Å²) in [5.74, 6) is 2.24. The van der Waals surface area contributed by atoms with Crippen LogP contribution in [0, 0.1) is 19.4 Å². The van der Waals surface area contributed by atoms with E-state index in [0.717, 1.165) is 28.7 Å². The molecule has 0 saturated carbocycles. The lowest BCUT2D eigenvalue weighted by Crippen LogP contribution is -2.32. The summed E-state index contributed by atoms with van der Waals surface area (Å²) >= 11 is 0. The van der Waals surface area contributed by atoms with Gasteiger partial charge in [-0.2, -0.15) is 0 Å². The number of hydrogen-bond donors (Lipinski definition) is 0. The second kappa shape index (κ2) is 6.32. The van der Waals surface area contributed by atoms with E-state index in [9.17, 15) is 0 Å². The van der Waals surface area contributed by atoms with E-state index >= 15 is 0 Å². The van der Waals surface area contributed by atoms with Crippen molar-refractivity contribution in [3.63, 3.8) is 0 Å². The summed E-state index contributed by atoms with van der Waals surface area (Å²) < 4.78 is 8.80. The van der Waals surface area contributed by atoms with Crippen molar-refractivity contribution < 1.29 is 9.30 Å². The molecule has 0 fully saturated rings. The molecule has 5 rings (SSSR count). The number of fused-ring (bicyclic) bond motifs is 3. The molecule has 3 heteroatoms. The summed E-state index contributed by atoms with van der Waals surface area (Å²) in [5.41, 5.74) is 5.45. The van der Waals surface area contributed by atoms with E-state index in [2.05, 4.69) is 73.8 Å². The van der Waals surface area contributed by atoms with E-state index in [1.54, 1.807) is 0 Å². The van der Waals surface area contributed by atoms with Crippen molar-refractivity contribution in [1.29, 1.82) is 0 Å². The number of benzene rings is 3. The number of ether oxygens (including phenoxy) is 1. The second-order valence-corrected chi connectivity index (χ2v) is 8.35. The minimum atomic E-state index is 0.509. The Hall–Kier alpha value is -3.38. The molecular formula is C26H23N2O+. The highest BCUT2D eigenvalue weighted by Crippen LogP contribution is 2.51. The van der Waals surface area contributed by atoms with E-state index in [1.165, 1.54) is 33.2 Å². The molecule has 29 heavy (non-hydrogen) atoms. The third-order valence-corrected chi connectivity index (χ3v) is 5.91. The fourth-order valence-electron chi connectivity index (χ4n) is 4.67. The van der Waals surface area contributed by atoms with Crippen molar-refractivity contribution in [3.8, 4) is 22.8 Å². The maximum absolute atomic E-state index is 7.49. The van der Waals surface area contributed by atoms with Crippen molar-refractivity contribution in [2.75, 3.05) is 0 Å². The molecule has 0 spiro atoms. The SMILES string of the molecule is [C-]#[N+]c1cc2c3c([n+](C)ccc3c1)-c1c(c(CC(C)C)c3ccccc3c1C)O2. The Morgan fingerprint density at radius 1 is 1.10 bits per heavy atom. The molecule has 142 valence electrons. The Kier molecular flexibility index (Phi) is 3.86. The lowest BCUT2D eigenvalue weighted by atomic mass is 9.86. The van der Waals surface area contributed by atoms with Crippen LogP contribution in [0.3, 0.4) is 0 Å². The van der Waals surface area contributed by atoms with Gasteiger partial charge >= 0.3 is 0 Å². The lowest BCUT2D eigenvalue weighted by molar-refractivity contribution is -0.659. The van der Waals surface area contributed by atoms with Crippen LogP contribution in [0.1, 0.15) is 25.0 Å². The highest BCUT2D eigenvalue weighted by Gasteiger charge is 2.32. The Morgan fingerprint density at radius 3 is 2.59 bits per heavy atom. The molecule has 0 atom stereocenters. The smallest absolute Gasteiger partial charge is 0.227 e. The monoisotopic (exact) mass is 379 g/mol. The standard InChI is InChI=1S/C26H23N2O/c1-15(2)12-21-20-9-7-6-8-19(20)16(3)23-25-24-17(10-11-28(25)5)13-18(27-4)14-22(24)29-26(21)23/h6-11,13-15H,12H2,1-3,5H3/q+1. The zero-order valence-corrected chi connectivity index (χ0v) is 17.2. The van der Waals surface area contributed by atoms with Crippen molar-refractivity contribution in [2.24, 2.45) is 13.0 Å². The first kappa shape index (κ1) is 17.7. The van der Waals surface area contributed by atoms with Gasteiger partial charge in [-0.1, -0.05) is 38.1 Å². The Morgan fingerprint density at radius 2 is 1.86 bits per heavy atom. The van der Waals surface area contributed by atoms with Gasteiger partial charge in [-0.05, 0) is 53.1 Å². The molecule has 3 aromatic carbocycles. The Bertz CT molecular complexity index is 1360. The second-order valence-electron chi connectivity index (χ2n) is 8.35. The van der Waals surface area contributed by atoms with Crippen molar-refractivity contribution in [3.05, 3.63) is 71.2 Å². The van der Waals surface area contributed by atoms with Gasteiger partial charge in [0.05, 0.1) is 17.5 Å². The molecule has 0 amide bonds. The molecule has 0 bridgehead atoms. The number of aryl methyl sites for hydroxylation is 2. The van der Waals surface area contributed by atoms with Gasteiger partial charge in [0.25, 0.3) is 0 Å². The summed E-state index contributed by atoms with van der Waals surface area (Å²) in [6, 6.07) is 14.5. The highest BCUT2D eigenvalue weighted by molar-refractivity contribution is 6.07. The van der Waals surface area contributed by atoms with E-state index in [-0.39, 0.29) is 0 Å². The maximum Gasteiger partial charge on any atom is 0.227 e. The van der Waals surface area contributed by atoms with Crippen LogP contribution in [0.25, 0.3) is 37.6 Å². The van der Waals surface area contributed by atoms with Crippen LogP contribution in [0.4, 0.5) is 5.69 Å². The average Bonchev–Trinajstić information content (AvgIpc) is 2.72. The predicted octanol–water partition coefficient (Wildman–Crippen LogP) is 6.65. The number of aromatic nitrogens is 1. The van der Waals surface area contributed by atoms with Gasteiger partial charge in [-0.15, -0.1) is 0 Å². The van der Waals surface area contributed by atoms with Gasteiger partial charge in [0.2, 0.25) is 5.69 Å². The van der Waals surface area contributed by atoms with Gasteiger partial charge in [0.15, 0.2) is 11.9 Å². The minimum absolute atomic E-state index is 0.509. The molecule has 3 nitrogen and oxygen atoms in total. The molecule has 0 aliphatic carbocycles. The zero-order chi connectivity index (χ0) is 20.3. The van der Waals surface area contributed by atoms with Gasteiger partial charge in [-0.25, -0.2) is 9.41 Å². The molecule has 1 aliphatic heterocycles. The summed E-state index contributed by atoms with van der Waals surface area (Å²) in [4.78, 5) is 3.66. The van der Waals surface area contributed by atoms with Crippen molar-refractivity contribution in [1.82, 2.24) is 0 Å². The summed E-state index contributed by atoms with van der Waals surface area (Å²) in [6.07, 6.45) is 3.03. The third kappa shape index (κ3) is 2.53. The Balaban J connectivity index is 1.99. The summed E-state index contributed by atoms with van der Waals surface area (Å²) in [6.45, 7) is 14.2. The van der Waals surface area contributed by atoms with Crippen molar-refractivity contribution >= 4 is 27.2 Å². The maximum atomic E-state index is 7.49. The first-order valence-electron chi connectivity index (χ1n) is 10.1. The molecule has 1 aliphatic rings. The zero-order valence-electron chi connectivity index (χ0n) is 17.2. The molecule has 1 aromatic heterocycles. The van der Waals surface area contributed by atoms with Crippen LogP contribution in [0.5, 0.6) is 11.5 Å². The first-order valence-corrected chi connectivity index (χ1v) is 10.1. The van der Waals surface area contributed by atoms with Crippen LogP contribution in [0.2, 0.25) is 0 Å². The van der Waals surface area contributed by atoms with Crippen molar-refractivity contribution in [2.45, 2.75) is 27.2 Å². The van der Waals surface area contributed by atoms with Crippen LogP contribution in [0.15, 0.2) is 48.7 Å². The molecule has 0 unspecified atom stereocenters. The highest BCUT2D eigenvalue weighted by atomic mass is 16.5. The summed E-state index contributed by atoms with van der Waals surface area (Å²) in [7, 11) is 2.09. The number of rotatable bonds is 2. The number of pyridine rings is 1. The van der Waals surface area contributed by atoms with E-state index < -0.39 is 0 Å². The van der Waals surface area contributed by atoms with Crippen LogP contribution in [-0.2, 0) is 13.5 Å². The number of nitrogens with zero attached hydrogens (tertiary/aromatic N) is 2. The first-order chi connectivity index (χ1) is 14.0. The largest absolute Gasteiger partial charge is 0.457 e. The van der Waals surface area contributed by atoms with Crippen LogP contribution >= 0.6 is 0 Å². The number of hydrogen-bond acceptors (Lipinski definition) is 1. The minimum Gasteiger partial charge on any atom is -0.457 e. The normalized spacial score (nSPS) is 12.1. The van der Waals surface area contributed by atoms with E-state index in [0.29, 0.717) is 11.6 Å². The van der Waals surface area contributed by atoms with Crippen LogP contribution in [-0.4, -0.2) is 0 Å². The average molecular weight is 379 g/mol. The predicted molar refractivity (Wildman–Crippen MR) is 118 cm³/mol. The molecule has 4 aromatic rings. The molecular weight excluding hydrogens is 356 g/mol. The molecule has 2 heterocycles. The third-order valence-electron chi connectivity index (χ3n) is 5.91. The fourth-order valence-corrected chi connectivity index (χ4v) is 4.67. The van der Waals surface area contributed by atoms with Crippen LogP contribution < -0.4 is 9.30 Å². The van der Waals surface area contributed by atoms with Gasteiger partial charge in [-0.3, -0.25) is 0 Å². The molecule has 0 radical (unpaired) electrons. The molecule has 0 saturated heterocycles. The summed E-state index contributed by atoms with van der Waals surface area (Å²) in [5, 5.41) is 4.68. The van der Waals surface area contributed by atoms with E-state index in [4.69, 9.17) is 11.3 Å². The quantitative estimate of drug-likeness (QED) is 0.248. The van der Waals surface area contributed by atoms with E-state index in [1.807, 2.05) is 12.1 Å². The van der Waals surface area contributed by atoms with Gasteiger partial charge < -0.3 is 4.74 Å². The lowest BCUT2D eigenvalue weighted by Gasteiger charge is -2.26. The Labute approximate surface area is 171 Å². The fraction of sp³-hybridized carbons (Fsp3) is 0.231. The topological polar surface area (TPSA) is 17.5 Å². The van der Waals surface area contributed by atoms with Gasteiger partial charge in [0.1, 0.15) is 18.5 Å². The van der Waals surface area contributed by atoms with Gasteiger partial charge in [0, 0.05) is 11.6 Å².